The maximum absolute atomic E-state index is 9.61. The van der Waals surface area contributed by atoms with E-state index in [-0.39, 0.29) is 18.1 Å². The van der Waals surface area contributed by atoms with E-state index in [2.05, 4.69) is 24.9 Å². The van der Waals surface area contributed by atoms with Crippen LogP contribution in [0.25, 0.3) is 0 Å². The van der Waals surface area contributed by atoms with Gasteiger partial charge in [-0.1, -0.05) is 52.7 Å². The fraction of sp³-hybridized carbons (Fsp3) is 0.560. The highest BCUT2D eigenvalue weighted by atomic mass is 16.7. The smallest absolute Gasteiger partial charge is 0.160 e. The third-order valence-electron chi connectivity index (χ3n) is 4.74. The quantitative estimate of drug-likeness (QED) is 0.500. The molecule has 1 aromatic heterocycles. The number of nitrogens with zero attached hydrogens (tertiary/aromatic N) is 1. The third-order valence-corrected chi connectivity index (χ3v) is 4.74. The fourth-order valence-electron chi connectivity index (χ4n) is 3.04. The highest BCUT2D eigenvalue weighted by Crippen LogP contribution is 2.37. The van der Waals surface area contributed by atoms with Crippen LogP contribution in [0, 0.1) is 0 Å². The summed E-state index contributed by atoms with van der Waals surface area (Å²) >= 11 is 0. The summed E-state index contributed by atoms with van der Waals surface area (Å²) in [5, 5.41) is 9.61. The van der Waals surface area contributed by atoms with Gasteiger partial charge >= 0.3 is 0 Å². The van der Waals surface area contributed by atoms with Crippen molar-refractivity contribution in [3.63, 3.8) is 0 Å². The first-order valence-electron chi connectivity index (χ1n) is 11.2. The lowest BCUT2D eigenvalue weighted by atomic mass is 10.1. The minimum absolute atomic E-state index is 0.0284. The molecule has 2 heterocycles. The molecule has 0 radical (unpaired) electrons. The minimum Gasteiger partial charge on any atom is -0.504 e. The topological polar surface area (TPSA) is 60.8 Å². The maximum Gasteiger partial charge on any atom is 0.160 e. The second kappa shape index (κ2) is 15.7. The van der Waals surface area contributed by atoms with Crippen molar-refractivity contribution in [2.24, 2.45) is 0 Å². The Morgan fingerprint density at radius 2 is 1.93 bits per heavy atom. The van der Waals surface area contributed by atoms with Crippen LogP contribution in [0.4, 0.5) is 0 Å². The Morgan fingerprint density at radius 3 is 2.53 bits per heavy atom. The van der Waals surface area contributed by atoms with Crippen molar-refractivity contribution in [1.29, 1.82) is 0 Å². The number of aromatic nitrogens is 1. The molecule has 2 aromatic rings. The van der Waals surface area contributed by atoms with Crippen LogP contribution < -0.4 is 4.74 Å². The highest BCUT2D eigenvalue weighted by molar-refractivity contribution is 5.42. The monoisotopic (exact) mass is 417 g/mol. The lowest BCUT2D eigenvalue weighted by Gasteiger charge is -2.15. The number of phenolic OH excluding ortho intramolecular Hbond substituents is 1. The molecule has 0 amide bonds. The highest BCUT2D eigenvalue weighted by Gasteiger charge is 2.27. The summed E-state index contributed by atoms with van der Waals surface area (Å²) in [6.07, 6.45) is 10.0. The molecule has 1 aliphatic rings. The molecule has 5 heteroatoms. The number of pyridine rings is 1. The molecule has 1 fully saturated rings. The molecule has 3 rings (SSSR count). The summed E-state index contributed by atoms with van der Waals surface area (Å²) in [5.41, 5.74) is 2.33. The number of benzene rings is 1. The van der Waals surface area contributed by atoms with Gasteiger partial charge in [-0.2, -0.15) is 0 Å². The number of rotatable bonds is 8. The Bertz CT molecular complexity index is 678. The van der Waals surface area contributed by atoms with Crippen molar-refractivity contribution in [3.8, 4) is 11.5 Å². The molecule has 2 atom stereocenters. The van der Waals surface area contributed by atoms with Crippen LogP contribution in [0.5, 0.6) is 11.5 Å². The number of methoxy groups -OCH3 is 1. The normalized spacial score (nSPS) is 17.4. The zero-order valence-corrected chi connectivity index (χ0v) is 19.3. The number of hydrogen-bond donors (Lipinski definition) is 1. The van der Waals surface area contributed by atoms with E-state index in [4.69, 9.17) is 14.2 Å². The predicted molar refractivity (Wildman–Crippen MR) is 122 cm³/mol. The summed E-state index contributed by atoms with van der Waals surface area (Å²) in [7, 11) is 1.55. The van der Waals surface area contributed by atoms with Crippen LogP contribution in [0.3, 0.4) is 0 Å². The zero-order chi connectivity index (χ0) is 22.2. The molecule has 0 spiro atoms. The van der Waals surface area contributed by atoms with Crippen LogP contribution >= 0.6 is 0 Å². The standard InChI is InChI=1S/C16H24O4.C7H9N.C2H6/c1-3-4-5-10-19-16-9-8-14(20-16)12-6-7-13(17)15(11-12)18-2;1-2-7-4-3-5-8-6-7;1-2/h6-7,11,14,16-17H,3-5,8-10H2,1-2H3;3-6H,2H2,1H3;1-2H3. The molecule has 0 saturated carbocycles. The van der Waals surface area contributed by atoms with Crippen LogP contribution in [0.2, 0.25) is 0 Å². The van der Waals surface area contributed by atoms with Gasteiger partial charge in [0.15, 0.2) is 17.8 Å². The molecular formula is C25H39NO4. The molecule has 2 unspecified atom stereocenters. The van der Waals surface area contributed by atoms with Crippen molar-refractivity contribution >= 4 is 0 Å². The van der Waals surface area contributed by atoms with Crippen molar-refractivity contribution in [3.05, 3.63) is 53.9 Å². The van der Waals surface area contributed by atoms with Gasteiger partial charge in [0.05, 0.1) is 13.2 Å². The molecule has 30 heavy (non-hydrogen) atoms. The average Bonchev–Trinajstić information content (AvgIpc) is 3.28. The summed E-state index contributed by atoms with van der Waals surface area (Å²) in [6.45, 7) is 9.07. The SMILES string of the molecule is CC.CCCCCOC1CCC(c2ccc(O)c(OC)c2)O1.CCc1cccnc1. The largest absolute Gasteiger partial charge is 0.504 e. The lowest BCUT2D eigenvalue weighted by Crippen LogP contribution is -2.12. The van der Waals surface area contributed by atoms with Gasteiger partial charge in [0.25, 0.3) is 0 Å². The molecule has 1 saturated heterocycles. The third kappa shape index (κ3) is 9.14. The summed E-state index contributed by atoms with van der Waals surface area (Å²) in [5.74, 6) is 0.639. The number of phenols is 1. The number of ether oxygens (including phenoxy) is 3. The van der Waals surface area contributed by atoms with Crippen LogP contribution in [0.15, 0.2) is 42.7 Å². The molecule has 168 valence electrons. The summed E-state index contributed by atoms with van der Waals surface area (Å²) < 4.78 is 16.8. The van der Waals surface area contributed by atoms with E-state index in [0.717, 1.165) is 37.9 Å². The van der Waals surface area contributed by atoms with Gasteiger partial charge in [-0.25, -0.2) is 0 Å². The van der Waals surface area contributed by atoms with Gasteiger partial charge in [-0.05, 0) is 48.6 Å². The summed E-state index contributed by atoms with van der Waals surface area (Å²) in [6, 6.07) is 9.39. The van der Waals surface area contributed by atoms with E-state index in [1.165, 1.54) is 18.4 Å². The van der Waals surface area contributed by atoms with E-state index >= 15 is 0 Å². The minimum atomic E-state index is -0.100. The van der Waals surface area contributed by atoms with Gasteiger partial charge in [0.2, 0.25) is 0 Å². The molecule has 0 bridgehead atoms. The van der Waals surface area contributed by atoms with E-state index in [9.17, 15) is 5.11 Å². The van der Waals surface area contributed by atoms with E-state index in [1.54, 1.807) is 19.4 Å². The van der Waals surface area contributed by atoms with Gasteiger partial charge in [0, 0.05) is 25.4 Å². The second-order valence-electron chi connectivity index (χ2n) is 6.86. The second-order valence-corrected chi connectivity index (χ2v) is 6.86. The van der Waals surface area contributed by atoms with Gasteiger partial charge in [-0.15, -0.1) is 0 Å². The Morgan fingerprint density at radius 1 is 1.13 bits per heavy atom. The Labute approximate surface area is 182 Å². The van der Waals surface area contributed by atoms with Crippen molar-refractivity contribution in [2.45, 2.75) is 78.6 Å². The number of aryl methyl sites for hydroxylation is 1. The Kier molecular flexibility index (Phi) is 13.6. The van der Waals surface area contributed by atoms with Crippen LogP contribution in [-0.4, -0.2) is 30.1 Å². The van der Waals surface area contributed by atoms with E-state index in [1.807, 2.05) is 38.2 Å². The molecule has 0 aliphatic carbocycles. The van der Waals surface area contributed by atoms with Gasteiger partial charge in [-0.3, -0.25) is 4.98 Å². The lowest BCUT2D eigenvalue weighted by molar-refractivity contribution is -0.135. The Balaban J connectivity index is 0.000000375. The van der Waals surface area contributed by atoms with E-state index < -0.39 is 0 Å². The predicted octanol–water partition coefficient (Wildman–Crippen LogP) is 6.46. The number of unbranched alkanes of at least 4 members (excludes halogenated alkanes) is 2. The maximum atomic E-state index is 9.61. The van der Waals surface area contributed by atoms with Crippen molar-refractivity contribution in [1.82, 2.24) is 4.98 Å². The van der Waals surface area contributed by atoms with Gasteiger partial charge in [0.1, 0.15) is 0 Å². The van der Waals surface area contributed by atoms with Crippen molar-refractivity contribution in [2.75, 3.05) is 13.7 Å². The molecule has 1 N–H and O–H groups in total. The molecule has 5 nitrogen and oxygen atoms in total. The molecule has 1 aliphatic heterocycles. The zero-order valence-electron chi connectivity index (χ0n) is 19.3. The van der Waals surface area contributed by atoms with E-state index in [0.29, 0.717) is 5.75 Å². The molecular weight excluding hydrogens is 378 g/mol. The summed E-state index contributed by atoms with van der Waals surface area (Å²) in [4.78, 5) is 3.96. The van der Waals surface area contributed by atoms with Crippen molar-refractivity contribution < 1.29 is 19.3 Å². The van der Waals surface area contributed by atoms with Gasteiger partial charge < -0.3 is 19.3 Å². The average molecular weight is 418 g/mol. The van der Waals surface area contributed by atoms with Crippen LogP contribution in [-0.2, 0) is 15.9 Å². The first-order valence-corrected chi connectivity index (χ1v) is 11.2. The number of aromatic hydroxyl groups is 1. The van der Waals surface area contributed by atoms with Crippen LogP contribution in [0.1, 0.15) is 77.0 Å². The Hall–Kier alpha value is -2.11. The fourth-order valence-corrected chi connectivity index (χ4v) is 3.04. The molecule has 1 aromatic carbocycles. The first-order chi connectivity index (χ1) is 14.7. The number of hydrogen-bond acceptors (Lipinski definition) is 5. The first kappa shape index (κ1) is 25.9.